The number of nitrogens with zero attached hydrogens (tertiary/aromatic N) is 1. The molecule has 2 fully saturated rings. The summed E-state index contributed by atoms with van der Waals surface area (Å²) in [5.74, 6) is 1.43. The lowest BCUT2D eigenvalue weighted by atomic mass is 9.74. The average Bonchev–Trinajstić information content (AvgIpc) is 3.28. The van der Waals surface area contributed by atoms with E-state index in [4.69, 9.17) is 4.74 Å². The summed E-state index contributed by atoms with van der Waals surface area (Å²) in [6.45, 7) is 4.13. The Morgan fingerprint density at radius 2 is 2.12 bits per heavy atom. The van der Waals surface area contributed by atoms with E-state index in [-0.39, 0.29) is 18.1 Å². The van der Waals surface area contributed by atoms with Gasteiger partial charge in [-0.05, 0) is 80.9 Å². The number of ether oxygens (including phenoxy) is 1. The van der Waals surface area contributed by atoms with Gasteiger partial charge in [-0.3, -0.25) is 4.79 Å². The van der Waals surface area contributed by atoms with Crippen molar-refractivity contribution in [2.75, 3.05) is 26.2 Å². The average molecular weight is 358 g/mol. The van der Waals surface area contributed by atoms with Gasteiger partial charge in [0, 0.05) is 12.8 Å². The Hall–Kier alpha value is -1.59. The second-order valence-electron chi connectivity index (χ2n) is 8.05. The van der Waals surface area contributed by atoms with Gasteiger partial charge in [0.2, 0.25) is 5.91 Å². The Balaban J connectivity index is 1.36. The molecule has 4 rings (SSSR count). The maximum Gasteiger partial charge on any atom is 0.220 e. The minimum Gasteiger partial charge on any atom is -0.493 e. The zero-order valence-electron chi connectivity index (χ0n) is 15.5. The molecule has 1 unspecified atom stereocenters. The molecule has 1 aromatic rings. The molecule has 26 heavy (non-hydrogen) atoms. The molecule has 1 saturated carbocycles. The zero-order valence-corrected chi connectivity index (χ0v) is 15.5. The molecular weight excluding hydrogens is 328 g/mol. The Kier molecular flexibility index (Phi) is 5.46. The van der Waals surface area contributed by atoms with Gasteiger partial charge >= 0.3 is 0 Å². The molecule has 3 aliphatic rings. The van der Waals surface area contributed by atoms with E-state index in [2.05, 4.69) is 22.3 Å². The highest BCUT2D eigenvalue weighted by atomic mass is 16.5. The molecule has 142 valence electrons. The largest absolute Gasteiger partial charge is 0.493 e. The van der Waals surface area contributed by atoms with Gasteiger partial charge in [-0.2, -0.15) is 0 Å². The smallest absolute Gasteiger partial charge is 0.220 e. The Bertz CT molecular complexity index is 636. The van der Waals surface area contributed by atoms with Crippen LogP contribution in [0.3, 0.4) is 0 Å². The molecule has 0 bridgehead atoms. The minimum absolute atomic E-state index is 0.00332. The van der Waals surface area contributed by atoms with Gasteiger partial charge in [-0.15, -0.1) is 0 Å². The number of aliphatic hydroxyl groups is 1. The van der Waals surface area contributed by atoms with Crippen molar-refractivity contribution >= 4 is 5.91 Å². The van der Waals surface area contributed by atoms with Crippen molar-refractivity contribution in [2.45, 2.75) is 57.1 Å². The number of aliphatic hydroxyl groups excluding tert-OH is 1. The van der Waals surface area contributed by atoms with Gasteiger partial charge in [0.25, 0.3) is 0 Å². The van der Waals surface area contributed by atoms with Crippen LogP contribution in [0.4, 0.5) is 0 Å². The molecule has 1 aromatic carbocycles. The monoisotopic (exact) mass is 358 g/mol. The molecule has 0 spiro atoms. The summed E-state index contributed by atoms with van der Waals surface area (Å²) in [6, 6.07) is 6.29. The quantitative estimate of drug-likeness (QED) is 0.786. The molecule has 0 aromatic heterocycles. The summed E-state index contributed by atoms with van der Waals surface area (Å²) < 4.78 is 5.60. The fraction of sp³-hybridized carbons (Fsp3) is 0.667. The molecule has 1 aliphatic carbocycles. The van der Waals surface area contributed by atoms with Gasteiger partial charge in [-0.1, -0.05) is 6.07 Å². The lowest BCUT2D eigenvalue weighted by Crippen LogP contribution is -2.41. The van der Waals surface area contributed by atoms with E-state index in [0.717, 1.165) is 50.1 Å². The van der Waals surface area contributed by atoms with Crippen LogP contribution in [0.15, 0.2) is 18.2 Å². The van der Waals surface area contributed by atoms with E-state index in [9.17, 15) is 9.90 Å². The number of amides is 1. The predicted octanol–water partition coefficient (Wildman–Crippen LogP) is 2.43. The summed E-state index contributed by atoms with van der Waals surface area (Å²) in [7, 11) is 0. The Morgan fingerprint density at radius 3 is 2.88 bits per heavy atom. The second kappa shape index (κ2) is 7.97. The summed E-state index contributed by atoms with van der Waals surface area (Å²) in [6.07, 6.45) is 6.35. The fourth-order valence-electron chi connectivity index (χ4n) is 4.49. The normalized spacial score (nSPS) is 26.0. The van der Waals surface area contributed by atoms with Crippen LogP contribution in [0.1, 0.15) is 55.7 Å². The molecule has 5 heteroatoms. The first-order valence-electron chi connectivity index (χ1n) is 10.1. The Morgan fingerprint density at radius 1 is 1.31 bits per heavy atom. The summed E-state index contributed by atoms with van der Waals surface area (Å²) in [4.78, 5) is 15.0. The topological polar surface area (TPSA) is 61.8 Å². The van der Waals surface area contributed by atoms with E-state index < -0.39 is 0 Å². The molecule has 0 radical (unpaired) electrons. The molecule has 5 nitrogen and oxygen atoms in total. The molecule has 2 N–H and O–H groups in total. The van der Waals surface area contributed by atoms with Crippen molar-refractivity contribution in [3.05, 3.63) is 29.3 Å². The maximum absolute atomic E-state index is 12.5. The predicted molar refractivity (Wildman–Crippen MR) is 100 cm³/mol. The van der Waals surface area contributed by atoms with Gasteiger partial charge < -0.3 is 20.1 Å². The van der Waals surface area contributed by atoms with E-state index in [1.807, 2.05) is 6.07 Å². The molecule has 2 aliphatic heterocycles. The lowest BCUT2D eigenvalue weighted by molar-refractivity contribution is -0.123. The van der Waals surface area contributed by atoms with Crippen LogP contribution in [0, 0.1) is 5.92 Å². The first-order chi connectivity index (χ1) is 12.7. The molecule has 2 heterocycles. The molecular formula is C21H30N2O3. The van der Waals surface area contributed by atoms with Crippen molar-refractivity contribution < 1.29 is 14.6 Å². The standard InChI is InChI=1S/C21H30N2O3/c24-18-13-17(14-18)21(16-5-6-19-15(12-16)7-11-26-19)22-20(25)4-3-10-23-8-1-2-9-23/h5-6,12,17-18,21,24H,1-4,7-11,13-14H2,(H,22,25). The number of carbonyl (C=O) groups is 1. The van der Waals surface area contributed by atoms with Crippen LogP contribution in [0.5, 0.6) is 5.75 Å². The molecule has 1 atom stereocenters. The van der Waals surface area contributed by atoms with Crippen LogP contribution >= 0.6 is 0 Å². The van der Waals surface area contributed by atoms with Crippen LogP contribution < -0.4 is 10.1 Å². The van der Waals surface area contributed by atoms with Crippen molar-refractivity contribution in [2.24, 2.45) is 5.92 Å². The van der Waals surface area contributed by atoms with Gasteiger partial charge in [0.15, 0.2) is 0 Å². The van der Waals surface area contributed by atoms with Gasteiger partial charge in [-0.25, -0.2) is 0 Å². The third-order valence-electron chi connectivity index (χ3n) is 6.09. The van der Waals surface area contributed by atoms with Crippen LogP contribution in [0.2, 0.25) is 0 Å². The lowest BCUT2D eigenvalue weighted by Gasteiger charge is -2.38. The number of likely N-dealkylation sites (tertiary alicyclic amines) is 1. The van der Waals surface area contributed by atoms with Crippen LogP contribution in [-0.2, 0) is 11.2 Å². The summed E-state index contributed by atoms with van der Waals surface area (Å²) in [5, 5.41) is 13.0. The fourth-order valence-corrected chi connectivity index (χ4v) is 4.49. The zero-order chi connectivity index (χ0) is 17.9. The Labute approximate surface area is 155 Å². The first kappa shape index (κ1) is 17.8. The highest BCUT2D eigenvalue weighted by molar-refractivity contribution is 5.76. The highest BCUT2D eigenvalue weighted by Crippen LogP contribution is 2.39. The number of benzene rings is 1. The third-order valence-corrected chi connectivity index (χ3v) is 6.09. The number of hydrogen-bond acceptors (Lipinski definition) is 4. The SMILES string of the molecule is O=C(CCCN1CCCC1)NC(c1ccc2c(c1)CCO2)C1CC(O)C1. The van der Waals surface area contributed by atoms with Crippen molar-refractivity contribution in [1.82, 2.24) is 10.2 Å². The third kappa shape index (κ3) is 4.04. The number of carbonyl (C=O) groups excluding carboxylic acids is 1. The molecule has 1 amide bonds. The maximum atomic E-state index is 12.5. The van der Waals surface area contributed by atoms with Crippen LogP contribution in [0.25, 0.3) is 0 Å². The van der Waals surface area contributed by atoms with Crippen molar-refractivity contribution in [3.8, 4) is 5.75 Å². The number of nitrogens with one attached hydrogen (secondary N) is 1. The first-order valence-corrected chi connectivity index (χ1v) is 10.1. The van der Waals surface area contributed by atoms with E-state index >= 15 is 0 Å². The van der Waals surface area contributed by atoms with Crippen molar-refractivity contribution in [1.29, 1.82) is 0 Å². The number of fused-ring (bicyclic) bond motifs is 1. The number of hydrogen-bond donors (Lipinski definition) is 2. The van der Waals surface area contributed by atoms with Crippen molar-refractivity contribution in [3.63, 3.8) is 0 Å². The summed E-state index contributed by atoms with van der Waals surface area (Å²) >= 11 is 0. The van der Waals surface area contributed by atoms with Crippen LogP contribution in [-0.4, -0.2) is 48.3 Å². The van der Waals surface area contributed by atoms with Gasteiger partial charge in [0.1, 0.15) is 5.75 Å². The van der Waals surface area contributed by atoms with E-state index in [1.165, 1.54) is 31.5 Å². The highest BCUT2D eigenvalue weighted by Gasteiger charge is 2.36. The molecule has 1 saturated heterocycles. The second-order valence-corrected chi connectivity index (χ2v) is 8.05. The number of rotatable bonds is 7. The van der Waals surface area contributed by atoms with E-state index in [0.29, 0.717) is 12.3 Å². The van der Waals surface area contributed by atoms with Gasteiger partial charge in [0.05, 0.1) is 18.8 Å². The van der Waals surface area contributed by atoms with E-state index in [1.54, 1.807) is 0 Å². The summed E-state index contributed by atoms with van der Waals surface area (Å²) in [5.41, 5.74) is 2.38. The minimum atomic E-state index is -0.215.